The smallest absolute Gasteiger partial charge is 0.233 e. The lowest BCUT2D eigenvalue weighted by molar-refractivity contribution is -0.120. The number of carbonyl (C=O) groups excluding carboxylic acids is 1. The molecule has 1 aromatic rings. The molecule has 0 aliphatic carbocycles. The molecule has 0 spiro atoms. The van der Waals surface area contributed by atoms with E-state index in [2.05, 4.69) is 49.6 Å². The van der Waals surface area contributed by atoms with Crippen LogP contribution in [0.15, 0.2) is 18.2 Å². The Labute approximate surface area is 104 Å². The first-order valence-corrected chi connectivity index (χ1v) is 6.11. The average Bonchev–Trinajstić information content (AvgIpc) is 2.26. The minimum Gasteiger partial charge on any atom is -0.355 e. The molecule has 0 aliphatic rings. The number of aryl methyl sites for hydroxylation is 2. The molecule has 1 amide bonds. The van der Waals surface area contributed by atoms with E-state index in [9.17, 15) is 4.79 Å². The zero-order valence-corrected chi connectivity index (χ0v) is 11.1. The second-order valence-corrected chi connectivity index (χ2v) is 4.42. The molecular formula is C14H22N2O. The van der Waals surface area contributed by atoms with Gasteiger partial charge in [0.25, 0.3) is 0 Å². The van der Waals surface area contributed by atoms with Gasteiger partial charge in [0.1, 0.15) is 0 Å². The van der Waals surface area contributed by atoms with Gasteiger partial charge in [-0.3, -0.25) is 4.79 Å². The maximum absolute atomic E-state index is 11.3. The quantitative estimate of drug-likeness (QED) is 0.819. The van der Waals surface area contributed by atoms with E-state index < -0.39 is 0 Å². The van der Waals surface area contributed by atoms with Crippen LogP contribution in [0.1, 0.15) is 36.6 Å². The van der Waals surface area contributed by atoms with Gasteiger partial charge in [-0.15, -0.1) is 0 Å². The summed E-state index contributed by atoms with van der Waals surface area (Å²) in [6.45, 7) is 9.24. The topological polar surface area (TPSA) is 41.1 Å². The molecule has 0 bridgehead atoms. The number of hydrogen-bond donors (Lipinski definition) is 2. The summed E-state index contributed by atoms with van der Waals surface area (Å²) in [6, 6.07) is 6.59. The predicted molar refractivity (Wildman–Crippen MR) is 71.0 cm³/mol. The van der Waals surface area contributed by atoms with Crippen molar-refractivity contribution in [1.29, 1.82) is 0 Å². The number of rotatable bonds is 5. The Hall–Kier alpha value is -1.35. The van der Waals surface area contributed by atoms with Crippen molar-refractivity contribution in [2.24, 2.45) is 0 Å². The predicted octanol–water partition coefficient (Wildman–Crippen LogP) is 2.09. The SMILES string of the molecule is CCNC(=O)CNC(C)c1ccc(C)cc1C. The maximum Gasteiger partial charge on any atom is 0.233 e. The number of benzene rings is 1. The fourth-order valence-electron chi connectivity index (χ4n) is 1.93. The van der Waals surface area contributed by atoms with E-state index in [1.165, 1.54) is 16.7 Å². The summed E-state index contributed by atoms with van der Waals surface area (Å²) in [4.78, 5) is 11.3. The van der Waals surface area contributed by atoms with E-state index in [0.29, 0.717) is 13.1 Å². The molecule has 1 atom stereocenters. The Kier molecular flexibility index (Phi) is 5.16. The zero-order chi connectivity index (χ0) is 12.8. The molecule has 3 nitrogen and oxygen atoms in total. The molecule has 1 rings (SSSR count). The van der Waals surface area contributed by atoms with Crippen LogP contribution in [0.4, 0.5) is 0 Å². The van der Waals surface area contributed by atoms with Crippen LogP contribution in [0, 0.1) is 13.8 Å². The van der Waals surface area contributed by atoms with Crippen molar-refractivity contribution in [3.8, 4) is 0 Å². The fraction of sp³-hybridized carbons (Fsp3) is 0.500. The zero-order valence-electron chi connectivity index (χ0n) is 11.1. The Morgan fingerprint density at radius 2 is 2.06 bits per heavy atom. The number of carbonyl (C=O) groups is 1. The largest absolute Gasteiger partial charge is 0.355 e. The van der Waals surface area contributed by atoms with Gasteiger partial charge < -0.3 is 10.6 Å². The van der Waals surface area contributed by atoms with Crippen molar-refractivity contribution in [1.82, 2.24) is 10.6 Å². The first kappa shape index (κ1) is 13.7. The number of likely N-dealkylation sites (N-methyl/N-ethyl adjacent to an activating group) is 1. The normalized spacial score (nSPS) is 12.2. The molecule has 1 unspecified atom stereocenters. The third-order valence-electron chi connectivity index (χ3n) is 2.83. The van der Waals surface area contributed by atoms with Crippen LogP contribution < -0.4 is 10.6 Å². The molecule has 0 radical (unpaired) electrons. The third kappa shape index (κ3) is 4.19. The van der Waals surface area contributed by atoms with E-state index in [-0.39, 0.29) is 11.9 Å². The molecule has 3 heteroatoms. The van der Waals surface area contributed by atoms with Gasteiger partial charge in [0.05, 0.1) is 6.54 Å². The van der Waals surface area contributed by atoms with Crippen LogP contribution in [0.3, 0.4) is 0 Å². The van der Waals surface area contributed by atoms with Gasteiger partial charge >= 0.3 is 0 Å². The van der Waals surface area contributed by atoms with Gasteiger partial charge in [0, 0.05) is 12.6 Å². The highest BCUT2D eigenvalue weighted by Crippen LogP contribution is 2.18. The number of hydrogen-bond acceptors (Lipinski definition) is 2. The van der Waals surface area contributed by atoms with E-state index in [1.807, 2.05) is 6.92 Å². The second-order valence-electron chi connectivity index (χ2n) is 4.42. The van der Waals surface area contributed by atoms with Crippen molar-refractivity contribution in [3.63, 3.8) is 0 Å². The maximum atomic E-state index is 11.3. The summed E-state index contributed by atoms with van der Waals surface area (Å²) in [5.74, 6) is 0.0455. The van der Waals surface area contributed by atoms with Crippen LogP contribution >= 0.6 is 0 Å². The van der Waals surface area contributed by atoms with E-state index in [1.54, 1.807) is 0 Å². The molecule has 0 saturated heterocycles. The molecule has 0 fully saturated rings. The highest BCUT2D eigenvalue weighted by Gasteiger charge is 2.09. The van der Waals surface area contributed by atoms with Crippen molar-refractivity contribution < 1.29 is 4.79 Å². The van der Waals surface area contributed by atoms with Crippen molar-refractivity contribution >= 4 is 5.91 Å². The Balaban J connectivity index is 2.57. The molecule has 1 aromatic carbocycles. The van der Waals surface area contributed by atoms with Crippen LogP contribution in [-0.2, 0) is 4.79 Å². The van der Waals surface area contributed by atoms with Crippen LogP contribution in [-0.4, -0.2) is 19.0 Å². The minimum atomic E-state index is 0.0455. The molecule has 94 valence electrons. The van der Waals surface area contributed by atoms with Gasteiger partial charge in [0.2, 0.25) is 5.91 Å². The Morgan fingerprint density at radius 3 is 2.65 bits per heavy atom. The van der Waals surface area contributed by atoms with Gasteiger partial charge in [-0.1, -0.05) is 23.8 Å². The monoisotopic (exact) mass is 234 g/mol. The average molecular weight is 234 g/mol. The summed E-state index contributed by atoms with van der Waals surface area (Å²) in [5, 5.41) is 6.01. The molecule has 0 aliphatic heterocycles. The van der Waals surface area contributed by atoms with Crippen molar-refractivity contribution in [2.45, 2.75) is 33.7 Å². The van der Waals surface area contributed by atoms with E-state index in [4.69, 9.17) is 0 Å². The lowest BCUT2D eigenvalue weighted by Gasteiger charge is -2.16. The second kappa shape index (κ2) is 6.40. The Bertz CT molecular complexity index is 388. The minimum absolute atomic E-state index is 0.0455. The van der Waals surface area contributed by atoms with Crippen LogP contribution in [0.5, 0.6) is 0 Å². The number of amides is 1. The van der Waals surface area contributed by atoms with E-state index >= 15 is 0 Å². The first-order valence-electron chi connectivity index (χ1n) is 6.11. The van der Waals surface area contributed by atoms with Crippen LogP contribution in [0.25, 0.3) is 0 Å². The summed E-state index contributed by atoms with van der Waals surface area (Å²) < 4.78 is 0. The van der Waals surface area contributed by atoms with Crippen molar-refractivity contribution in [3.05, 3.63) is 34.9 Å². The first-order chi connectivity index (χ1) is 8.04. The number of nitrogens with one attached hydrogen (secondary N) is 2. The fourth-order valence-corrected chi connectivity index (χ4v) is 1.93. The van der Waals surface area contributed by atoms with Gasteiger partial charge in [-0.05, 0) is 38.8 Å². The summed E-state index contributed by atoms with van der Waals surface area (Å²) in [5.41, 5.74) is 3.78. The third-order valence-corrected chi connectivity index (χ3v) is 2.83. The van der Waals surface area contributed by atoms with Gasteiger partial charge in [0.15, 0.2) is 0 Å². The summed E-state index contributed by atoms with van der Waals surface area (Å²) in [6.07, 6.45) is 0. The molecule has 0 aromatic heterocycles. The standard InChI is InChI=1S/C14H22N2O/c1-5-15-14(17)9-16-12(4)13-7-6-10(2)8-11(13)3/h6-8,12,16H,5,9H2,1-4H3,(H,15,17). The van der Waals surface area contributed by atoms with E-state index in [0.717, 1.165) is 0 Å². The highest BCUT2D eigenvalue weighted by molar-refractivity contribution is 5.77. The lowest BCUT2D eigenvalue weighted by atomic mass is 10.0. The highest BCUT2D eigenvalue weighted by atomic mass is 16.1. The molecule has 0 heterocycles. The van der Waals surface area contributed by atoms with Crippen molar-refractivity contribution in [2.75, 3.05) is 13.1 Å². The molecule has 2 N–H and O–H groups in total. The Morgan fingerprint density at radius 1 is 1.35 bits per heavy atom. The molecule has 0 saturated carbocycles. The molecule has 17 heavy (non-hydrogen) atoms. The lowest BCUT2D eigenvalue weighted by Crippen LogP contribution is -2.35. The van der Waals surface area contributed by atoms with Crippen LogP contribution in [0.2, 0.25) is 0 Å². The summed E-state index contributed by atoms with van der Waals surface area (Å²) in [7, 11) is 0. The summed E-state index contributed by atoms with van der Waals surface area (Å²) >= 11 is 0. The van der Waals surface area contributed by atoms with Gasteiger partial charge in [-0.25, -0.2) is 0 Å². The van der Waals surface area contributed by atoms with Gasteiger partial charge in [-0.2, -0.15) is 0 Å². The molecular weight excluding hydrogens is 212 g/mol.